The van der Waals surface area contributed by atoms with Crippen molar-refractivity contribution in [3.63, 3.8) is 0 Å². The predicted molar refractivity (Wildman–Crippen MR) is 113 cm³/mol. The zero-order valence-electron chi connectivity index (χ0n) is 14.6. The molecule has 0 spiro atoms. The van der Waals surface area contributed by atoms with E-state index in [1.807, 2.05) is 6.07 Å². The van der Waals surface area contributed by atoms with Crippen LogP contribution in [-0.2, 0) is 9.84 Å². The molecule has 0 saturated heterocycles. The molecule has 2 aromatic carbocycles. The summed E-state index contributed by atoms with van der Waals surface area (Å²) in [6, 6.07) is 12.3. The summed E-state index contributed by atoms with van der Waals surface area (Å²) in [5.74, 6) is 0.0560. The molecule has 0 bridgehead atoms. The fraction of sp³-hybridized carbons (Fsp3) is 0.263. The molecule has 0 amide bonds. The maximum atomic E-state index is 13.1. The Morgan fingerprint density at radius 1 is 1.07 bits per heavy atom. The molecule has 3 rings (SSSR count). The van der Waals surface area contributed by atoms with E-state index in [2.05, 4.69) is 10.3 Å². The van der Waals surface area contributed by atoms with Crippen molar-refractivity contribution in [1.82, 2.24) is 0 Å². The first kappa shape index (κ1) is 20.9. The monoisotopic (exact) mass is 455 g/mol. The maximum absolute atomic E-state index is 13.1. The molecule has 1 saturated carbocycles. The Hall–Kier alpha value is -1.78. The number of hydrogen-bond acceptors (Lipinski definition) is 4. The number of nitrogens with zero attached hydrogens (tertiary/aromatic N) is 2. The topological polar surface area (TPSA) is 82.3 Å². The second kappa shape index (κ2) is 8.71. The quantitative estimate of drug-likeness (QED) is 0.484. The number of amidine groups is 1. The van der Waals surface area contributed by atoms with Crippen molar-refractivity contribution in [2.24, 2.45) is 4.99 Å². The molecule has 1 unspecified atom stereocenters. The highest BCUT2D eigenvalue weighted by molar-refractivity contribution is 7.93. The number of sulfone groups is 1. The minimum atomic E-state index is -4.02. The minimum Gasteiger partial charge on any atom is -0.342 e. The Labute approximate surface area is 178 Å². The highest BCUT2D eigenvalue weighted by Gasteiger charge is 2.34. The third-order valence-electron chi connectivity index (χ3n) is 4.35. The first-order chi connectivity index (χ1) is 13.3. The van der Waals surface area contributed by atoms with Crippen molar-refractivity contribution in [2.45, 2.75) is 35.4 Å². The van der Waals surface area contributed by atoms with Crippen LogP contribution >= 0.6 is 34.8 Å². The van der Waals surface area contributed by atoms with Gasteiger partial charge in [-0.1, -0.05) is 34.8 Å². The summed E-state index contributed by atoms with van der Waals surface area (Å²) in [5, 5.41) is 12.3. The number of aliphatic imine (C=N–C) groups is 1. The van der Waals surface area contributed by atoms with E-state index in [9.17, 15) is 13.7 Å². The van der Waals surface area contributed by atoms with E-state index >= 15 is 0 Å². The van der Waals surface area contributed by atoms with Gasteiger partial charge in [0, 0.05) is 20.8 Å². The molecule has 1 aliphatic carbocycles. The Bertz CT molecular complexity index is 1020. The van der Waals surface area contributed by atoms with Gasteiger partial charge in [0.2, 0.25) is 15.1 Å². The van der Waals surface area contributed by atoms with Gasteiger partial charge in [0.05, 0.1) is 17.0 Å². The van der Waals surface area contributed by atoms with Crippen molar-refractivity contribution >= 4 is 56.2 Å². The van der Waals surface area contributed by atoms with Crippen molar-refractivity contribution < 1.29 is 8.42 Å². The predicted octanol–water partition coefficient (Wildman–Crippen LogP) is 5.38. The van der Waals surface area contributed by atoms with Crippen molar-refractivity contribution in [3.05, 3.63) is 57.5 Å². The van der Waals surface area contributed by atoms with E-state index in [0.717, 1.165) is 19.3 Å². The average molecular weight is 457 g/mol. The van der Waals surface area contributed by atoms with Crippen LogP contribution < -0.4 is 5.32 Å². The van der Waals surface area contributed by atoms with E-state index in [1.54, 1.807) is 18.2 Å². The summed E-state index contributed by atoms with van der Waals surface area (Å²) in [4.78, 5) is 4.50. The van der Waals surface area contributed by atoms with E-state index < -0.39 is 15.1 Å². The number of hydrogen-bond donors (Lipinski definition) is 1. The van der Waals surface area contributed by atoms with Crippen LogP contribution in [0.2, 0.25) is 15.1 Å². The van der Waals surface area contributed by atoms with E-state index in [4.69, 9.17) is 34.8 Å². The van der Waals surface area contributed by atoms with Crippen LogP contribution in [0.1, 0.15) is 19.3 Å². The second-order valence-corrected chi connectivity index (χ2v) is 9.73. The van der Waals surface area contributed by atoms with Crippen LogP contribution in [0, 0.1) is 11.3 Å². The lowest BCUT2D eigenvalue weighted by molar-refractivity contribution is 0.420. The number of nitriles is 1. The molecule has 5 nitrogen and oxygen atoms in total. The van der Waals surface area contributed by atoms with Gasteiger partial charge in [-0.05, 0) is 61.7 Å². The van der Waals surface area contributed by atoms with Crippen LogP contribution in [0.4, 0.5) is 5.69 Å². The molecule has 28 heavy (non-hydrogen) atoms. The van der Waals surface area contributed by atoms with Gasteiger partial charge in [0.25, 0.3) is 0 Å². The summed E-state index contributed by atoms with van der Waals surface area (Å²) in [7, 11) is -4.02. The van der Waals surface area contributed by atoms with E-state index in [0.29, 0.717) is 20.8 Å². The van der Waals surface area contributed by atoms with Crippen LogP contribution in [0.15, 0.2) is 52.4 Å². The van der Waals surface area contributed by atoms with Gasteiger partial charge in [0.15, 0.2) is 0 Å². The van der Waals surface area contributed by atoms with E-state index in [1.165, 1.54) is 24.3 Å². The molecular weight excluding hydrogens is 441 g/mol. The summed E-state index contributed by atoms with van der Waals surface area (Å²) in [6.07, 6.45) is 2.72. The summed E-state index contributed by atoms with van der Waals surface area (Å²) < 4.78 is 26.2. The molecule has 146 valence electrons. The molecule has 0 aromatic heterocycles. The van der Waals surface area contributed by atoms with Gasteiger partial charge < -0.3 is 5.32 Å². The lowest BCUT2D eigenvalue weighted by atomic mass is 9.94. The summed E-state index contributed by atoms with van der Waals surface area (Å²) in [6.45, 7) is 0. The molecule has 1 fully saturated rings. The Morgan fingerprint density at radius 2 is 1.68 bits per heavy atom. The van der Waals surface area contributed by atoms with Crippen molar-refractivity contribution in [3.8, 4) is 6.07 Å². The minimum absolute atomic E-state index is 0.00399. The highest BCUT2D eigenvalue weighted by atomic mass is 35.5. The standard InChI is InChI=1S/C19H16Cl3N3O2S/c20-12-4-6-17(7-5-12)28(26,27)18(11-23)19(24-15-2-1-3-15)25-16-9-13(21)8-14(22)10-16/h4-10,15,18H,1-3H2,(H,24,25). The third kappa shape index (κ3) is 4.79. The van der Waals surface area contributed by atoms with Crippen LogP contribution in [0.5, 0.6) is 0 Å². The van der Waals surface area contributed by atoms with Crippen molar-refractivity contribution in [2.75, 3.05) is 5.32 Å². The summed E-state index contributed by atoms with van der Waals surface area (Å²) in [5.41, 5.74) is 0.460. The molecule has 1 N–H and O–H groups in total. The average Bonchev–Trinajstić information content (AvgIpc) is 2.57. The smallest absolute Gasteiger partial charge is 0.209 e. The van der Waals surface area contributed by atoms with Gasteiger partial charge in [-0.15, -0.1) is 0 Å². The van der Waals surface area contributed by atoms with Gasteiger partial charge in [-0.25, -0.2) is 8.42 Å². The number of benzene rings is 2. The summed E-state index contributed by atoms with van der Waals surface area (Å²) >= 11 is 17.9. The second-order valence-electron chi connectivity index (χ2n) is 6.39. The molecule has 0 heterocycles. The fourth-order valence-electron chi connectivity index (χ4n) is 2.69. The molecule has 0 radical (unpaired) electrons. The fourth-order valence-corrected chi connectivity index (χ4v) is 4.68. The molecule has 2 aromatic rings. The number of rotatable bonds is 5. The normalized spacial score (nSPS) is 16.1. The lowest BCUT2D eigenvalue weighted by Crippen LogP contribution is -2.36. The van der Waals surface area contributed by atoms with Crippen molar-refractivity contribution in [1.29, 1.82) is 5.26 Å². The SMILES string of the molecule is N#CC(C(=NC1CCC1)Nc1cc(Cl)cc(Cl)c1)S(=O)(=O)c1ccc(Cl)cc1. The molecule has 1 aliphatic rings. The Kier molecular flexibility index (Phi) is 6.51. The third-order valence-corrected chi connectivity index (χ3v) is 6.92. The zero-order chi connectivity index (χ0) is 20.3. The Morgan fingerprint density at radius 3 is 2.18 bits per heavy atom. The van der Waals surface area contributed by atoms with Crippen LogP contribution in [-0.4, -0.2) is 25.5 Å². The van der Waals surface area contributed by atoms with Gasteiger partial charge >= 0.3 is 0 Å². The van der Waals surface area contributed by atoms with Gasteiger partial charge in [-0.2, -0.15) is 5.26 Å². The molecule has 1 atom stereocenters. The molecule has 0 aliphatic heterocycles. The Balaban J connectivity index is 2.01. The van der Waals surface area contributed by atoms with Crippen LogP contribution in [0.3, 0.4) is 0 Å². The zero-order valence-corrected chi connectivity index (χ0v) is 17.7. The van der Waals surface area contributed by atoms with Gasteiger partial charge in [-0.3, -0.25) is 4.99 Å². The lowest BCUT2D eigenvalue weighted by Gasteiger charge is -2.24. The van der Waals surface area contributed by atoms with Gasteiger partial charge in [0.1, 0.15) is 5.84 Å². The van der Waals surface area contributed by atoms with Crippen LogP contribution in [0.25, 0.3) is 0 Å². The first-order valence-corrected chi connectivity index (χ1v) is 11.2. The number of halogens is 3. The largest absolute Gasteiger partial charge is 0.342 e. The number of anilines is 1. The highest BCUT2D eigenvalue weighted by Crippen LogP contribution is 2.27. The number of nitrogens with one attached hydrogen (secondary N) is 1. The first-order valence-electron chi connectivity index (χ1n) is 8.49. The van der Waals surface area contributed by atoms with E-state index in [-0.39, 0.29) is 16.8 Å². The molecule has 9 heteroatoms. The molecular formula is C19H16Cl3N3O2S. The maximum Gasteiger partial charge on any atom is 0.209 e.